The molecule has 2 aromatic rings. The van der Waals surface area contributed by atoms with Crippen molar-refractivity contribution < 1.29 is 0 Å². The number of hydrogen-bond donors (Lipinski definition) is 1. The van der Waals surface area contributed by atoms with Gasteiger partial charge in [-0.3, -0.25) is 9.67 Å². The van der Waals surface area contributed by atoms with Crippen LogP contribution in [0, 0.1) is 19.8 Å². The van der Waals surface area contributed by atoms with Crippen molar-refractivity contribution in [3.8, 4) is 0 Å². The molecule has 0 aliphatic carbocycles. The van der Waals surface area contributed by atoms with Gasteiger partial charge in [0.05, 0.1) is 18.1 Å². The zero-order valence-electron chi connectivity index (χ0n) is 16.6. The van der Waals surface area contributed by atoms with Crippen LogP contribution in [0.2, 0.25) is 0 Å². The number of rotatable bonds is 4. The molecule has 1 aliphatic heterocycles. The maximum atomic E-state index is 4.52. The molecular weight excluding hydrogens is 326 g/mol. The van der Waals surface area contributed by atoms with Gasteiger partial charge in [0.1, 0.15) is 0 Å². The van der Waals surface area contributed by atoms with Gasteiger partial charge in [0, 0.05) is 51.8 Å². The van der Waals surface area contributed by atoms with Crippen LogP contribution in [0.25, 0.3) is 0 Å². The molecule has 7 heteroatoms. The molecular formula is C19H31N7. The molecule has 142 valence electrons. The number of aromatic nitrogens is 4. The largest absolute Gasteiger partial charge is 0.356 e. The van der Waals surface area contributed by atoms with E-state index in [0.717, 1.165) is 44.1 Å². The number of aryl methyl sites for hydroxylation is 2. The van der Waals surface area contributed by atoms with E-state index < -0.39 is 0 Å². The molecule has 0 bridgehead atoms. The van der Waals surface area contributed by atoms with E-state index in [1.54, 1.807) is 0 Å². The number of guanidine groups is 1. The van der Waals surface area contributed by atoms with Crippen molar-refractivity contribution in [3.05, 3.63) is 35.7 Å². The molecule has 1 N–H and O–H groups in total. The maximum Gasteiger partial charge on any atom is 0.193 e. The standard InChI is InChI=1S/C19H31N7/c1-14-7-10-25(12-18(14)26-11-9-21-13-26)19(20-4)22-8-6-17-15(2)23-24(5)16(17)3/h9,11,13-14,18H,6-8,10,12H2,1-5H3,(H,20,22). The van der Waals surface area contributed by atoms with Crippen LogP contribution in [-0.2, 0) is 13.5 Å². The number of nitrogens with one attached hydrogen (secondary N) is 1. The summed E-state index contributed by atoms with van der Waals surface area (Å²) in [7, 11) is 3.87. The molecule has 2 unspecified atom stereocenters. The number of nitrogens with zero attached hydrogens (tertiary/aromatic N) is 6. The van der Waals surface area contributed by atoms with E-state index in [-0.39, 0.29) is 0 Å². The Kier molecular flexibility index (Phi) is 5.64. The Morgan fingerprint density at radius 2 is 2.19 bits per heavy atom. The zero-order chi connectivity index (χ0) is 18.7. The monoisotopic (exact) mass is 357 g/mol. The zero-order valence-corrected chi connectivity index (χ0v) is 16.6. The van der Waals surface area contributed by atoms with E-state index in [2.05, 4.69) is 56.8 Å². The number of aliphatic imine (C=N–C) groups is 1. The lowest BCUT2D eigenvalue weighted by Gasteiger charge is -2.39. The molecule has 7 nitrogen and oxygen atoms in total. The van der Waals surface area contributed by atoms with E-state index in [1.165, 1.54) is 11.3 Å². The Bertz CT molecular complexity index is 744. The predicted molar refractivity (Wildman–Crippen MR) is 104 cm³/mol. The van der Waals surface area contributed by atoms with Crippen LogP contribution < -0.4 is 5.32 Å². The van der Waals surface area contributed by atoms with Gasteiger partial charge in [0.15, 0.2) is 5.96 Å². The average molecular weight is 358 g/mol. The van der Waals surface area contributed by atoms with Crippen LogP contribution in [0.4, 0.5) is 0 Å². The van der Waals surface area contributed by atoms with Gasteiger partial charge in [-0.15, -0.1) is 0 Å². The summed E-state index contributed by atoms with van der Waals surface area (Å²) in [4.78, 5) is 11.1. The maximum absolute atomic E-state index is 4.52. The van der Waals surface area contributed by atoms with Gasteiger partial charge in [0.2, 0.25) is 0 Å². The highest BCUT2D eigenvalue weighted by Gasteiger charge is 2.28. The Labute approximate surface area is 156 Å². The lowest BCUT2D eigenvalue weighted by Crippen LogP contribution is -2.49. The summed E-state index contributed by atoms with van der Waals surface area (Å²) in [5.74, 6) is 1.63. The molecule has 3 rings (SSSR count). The third kappa shape index (κ3) is 3.76. The molecule has 1 aliphatic rings. The Hall–Kier alpha value is -2.31. The summed E-state index contributed by atoms with van der Waals surface area (Å²) in [5, 5.41) is 8.05. The van der Waals surface area contributed by atoms with Crippen molar-refractivity contribution in [2.45, 2.75) is 39.7 Å². The highest BCUT2D eigenvalue weighted by Crippen LogP contribution is 2.27. The topological polar surface area (TPSA) is 63.3 Å². The van der Waals surface area contributed by atoms with Crippen molar-refractivity contribution in [2.24, 2.45) is 18.0 Å². The Morgan fingerprint density at radius 3 is 2.81 bits per heavy atom. The summed E-state index contributed by atoms with van der Waals surface area (Å²) in [6.07, 6.45) is 7.96. The molecule has 1 saturated heterocycles. The molecule has 0 amide bonds. The predicted octanol–water partition coefficient (Wildman–Crippen LogP) is 1.93. The second-order valence-corrected chi connectivity index (χ2v) is 7.29. The first-order chi connectivity index (χ1) is 12.5. The summed E-state index contributed by atoms with van der Waals surface area (Å²) < 4.78 is 4.19. The summed E-state index contributed by atoms with van der Waals surface area (Å²) >= 11 is 0. The summed E-state index contributed by atoms with van der Waals surface area (Å²) in [6, 6.07) is 0.438. The van der Waals surface area contributed by atoms with Gasteiger partial charge in [-0.1, -0.05) is 6.92 Å². The third-order valence-electron chi connectivity index (χ3n) is 5.65. The molecule has 0 aromatic carbocycles. The molecule has 0 spiro atoms. The van der Waals surface area contributed by atoms with Crippen molar-refractivity contribution >= 4 is 5.96 Å². The lowest BCUT2D eigenvalue weighted by atomic mass is 9.93. The van der Waals surface area contributed by atoms with Gasteiger partial charge < -0.3 is 14.8 Å². The fourth-order valence-electron chi connectivity index (χ4n) is 3.91. The van der Waals surface area contributed by atoms with E-state index >= 15 is 0 Å². The minimum atomic E-state index is 0.438. The van der Waals surface area contributed by atoms with Gasteiger partial charge in [-0.2, -0.15) is 5.10 Å². The Morgan fingerprint density at radius 1 is 1.38 bits per heavy atom. The summed E-state index contributed by atoms with van der Waals surface area (Å²) in [6.45, 7) is 9.40. The highest BCUT2D eigenvalue weighted by molar-refractivity contribution is 5.80. The fourth-order valence-corrected chi connectivity index (χ4v) is 3.91. The molecule has 26 heavy (non-hydrogen) atoms. The number of piperidine rings is 1. The Balaban J connectivity index is 1.60. The van der Waals surface area contributed by atoms with Gasteiger partial charge >= 0.3 is 0 Å². The fraction of sp³-hybridized carbons (Fsp3) is 0.632. The molecule has 3 heterocycles. The quantitative estimate of drug-likeness (QED) is 0.671. The van der Waals surface area contributed by atoms with E-state index in [1.807, 2.05) is 31.3 Å². The minimum Gasteiger partial charge on any atom is -0.356 e. The van der Waals surface area contributed by atoms with Crippen molar-refractivity contribution in [1.82, 2.24) is 29.5 Å². The summed E-state index contributed by atoms with van der Waals surface area (Å²) in [5.41, 5.74) is 3.69. The molecule has 0 saturated carbocycles. The van der Waals surface area contributed by atoms with Crippen molar-refractivity contribution in [1.29, 1.82) is 0 Å². The van der Waals surface area contributed by atoms with Crippen molar-refractivity contribution in [3.63, 3.8) is 0 Å². The number of likely N-dealkylation sites (tertiary alicyclic amines) is 1. The minimum absolute atomic E-state index is 0.438. The lowest BCUT2D eigenvalue weighted by molar-refractivity contribution is 0.189. The van der Waals surface area contributed by atoms with Gasteiger partial charge in [0.25, 0.3) is 0 Å². The first-order valence-corrected chi connectivity index (χ1v) is 9.43. The normalized spacial score (nSPS) is 21.3. The molecule has 2 aromatic heterocycles. The van der Waals surface area contributed by atoms with E-state index in [9.17, 15) is 0 Å². The van der Waals surface area contributed by atoms with Crippen LogP contribution in [0.5, 0.6) is 0 Å². The van der Waals surface area contributed by atoms with Crippen LogP contribution in [0.1, 0.15) is 36.3 Å². The first kappa shape index (κ1) is 18.5. The van der Waals surface area contributed by atoms with Crippen molar-refractivity contribution in [2.75, 3.05) is 26.7 Å². The highest BCUT2D eigenvalue weighted by atomic mass is 15.3. The SMILES string of the molecule is CN=C(NCCc1c(C)nn(C)c1C)N1CCC(C)C(n2ccnc2)C1. The van der Waals surface area contributed by atoms with Crippen LogP contribution in [0.15, 0.2) is 23.7 Å². The molecule has 0 radical (unpaired) electrons. The van der Waals surface area contributed by atoms with E-state index in [0.29, 0.717) is 12.0 Å². The first-order valence-electron chi connectivity index (χ1n) is 9.43. The smallest absolute Gasteiger partial charge is 0.193 e. The molecule has 2 atom stereocenters. The second kappa shape index (κ2) is 7.93. The third-order valence-corrected chi connectivity index (χ3v) is 5.65. The second-order valence-electron chi connectivity index (χ2n) is 7.29. The van der Waals surface area contributed by atoms with Gasteiger partial charge in [-0.25, -0.2) is 4.98 Å². The molecule has 1 fully saturated rings. The van der Waals surface area contributed by atoms with E-state index in [4.69, 9.17) is 0 Å². The van der Waals surface area contributed by atoms with Crippen LogP contribution in [0.3, 0.4) is 0 Å². The van der Waals surface area contributed by atoms with Crippen LogP contribution >= 0.6 is 0 Å². The average Bonchev–Trinajstić information content (AvgIpc) is 3.23. The van der Waals surface area contributed by atoms with Crippen LogP contribution in [-0.4, -0.2) is 56.9 Å². The number of imidazole rings is 1. The number of hydrogen-bond acceptors (Lipinski definition) is 3. The van der Waals surface area contributed by atoms with Gasteiger partial charge in [-0.05, 0) is 38.2 Å².